The molecule has 0 saturated heterocycles. The van der Waals surface area contributed by atoms with Crippen molar-refractivity contribution in [2.75, 3.05) is 0 Å². The summed E-state index contributed by atoms with van der Waals surface area (Å²) in [4.78, 5) is 42.5. The molecule has 0 heterocycles. The van der Waals surface area contributed by atoms with E-state index < -0.39 is 23.7 Å². The molecule has 8 nitrogen and oxygen atoms in total. The average molecular weight is 504 g/mol. The lowest BCUT2D eigenvalue weighted by atomic mass is 9.99. The van der Waals surface area contributed by atoms with Gasteiger partial charge in [0.1, 0.15) is 11.6 Å². The van der Waals surface area contributed by atoms with Gasteiger partial charge in [-0.05, 0) is 69.0 Å². The molecule has 0 spiro atoms. The summed E-state index contributed by atoms with van der Waals surface area (Å²) < 4.78 is 5.34. The summed E-state index contributed by atoms with van der Waals surface area (Å²) >= 11 is 0. The molecule has 37 heavy (non-hydrogen) atoms. The standard InChI is InChI=1S/C29H33N3O5/c1-20(23-17-10-15-21-12-8-9-16-24(21)23)31-26(33)25(32-28(35)36-29(2,3)4)18-11-19-30-37-27(34)22-13-6-5-7-14-22/h5-10,12-17,19-20,25H,11,18H2,1-4H3,(H,31,33)(H,32,35)/b30-19-/t20-,25?/m0/s1. The third kappa shape index (κ3) is 8.45. The van der Waals surface area contributed by atoms with Crippen molar-refractivity contribution in [1.82, 2.24) is 10.6 Å². The van der Waals surface area contributed by atoms with Gasteiger partial charge in [0.05, 0.1) is 11.6 Å². The van der Waals surface area contributed by atoms with E-state index in [4.69, 9.17) is 9.57 Å². The number of nitrogens with one attached hydrogen (secondary N) is 2. The summed E-state index contributed by atoms with van der Waals surface area (Å²) in [6.07, 6.45) is 1.20. The Bertz CT molecular complexity index is 1250. The molecule has 0 aromatic heterocycles. The molecule has 1 unspecified atom stereocenters. The summed E-state index contributed by atoms with van der Waals surface area (Å²) in [5.74, 6) is -0.942. The van der Waals surface area contributed by atoms with Crippen molar-refractivity contribution < 1.29 is 24.0 Å². The lowest BCUT2D eigenvalue weighted by molar-refractivity contribution is -0.124. The van der Waals surface area contributed by atoms with E-state index in [0.717, 1.165) is 16.3 Å². The predicted molar refractivity (Wildman–Crippen MR) is 143 cm³/mol. The smallest absolute Gasteiger partial charge is 0.408 e. The second kappa shape index (κ2) is 12.7. The summed E-state index contributed by atoms with van der Waals surface area (Å²) in [5.41, 5.74) is 0.636. The third-order valence-corrected chi connectivity index (χ3v) is 5.46. The number of fused-ring (bicyclic) bond motifs is 1. The largest absolute Gasteiger partial charge is 0.444 e. The molecule has 194 valence electrons. The third-order valence-electron chi connectivity index (χ3n) is 5.46. The SMILES string of the molecule is C[C@H](NC(=O)C(CC/C=N\OC(=O)c1ccccc1)NC(=O)OC(C)(C)C)c1cccc2ccccc12. The maximum absolute atomic E-state index is 13.2. The van der Waals surface area contributed by atoms with E-state index in [1.807, 2.05) is 49.4 Å². The Labute approximate surface area is 217 Å². The van der Waals surface area contributed by atoms with Crippen molar-refractivity contribution in [3.05, 3.63) is 83.9 Å². The van der Waals surface area contributed by atoms with Crippen LogP contribution in [0, 0.1) is 0 Å². The predicted octanol–water partition coefficient (Wildman–Crippen LogP) is 5.53. The van der Waals surface area contributed by atoms with Crippen LogP contribution in [0.1, 0.15) is 62.5 Å². The van der Waals surface area contributed by atoms with Gasteiger partial charge in [0.15, 0.2) is 0 Å². The van der Waals surface area contributed by atoms with Crippen LogP contribution < -0.4 is 10.6 Å². The van der Waals surface area contributed by atoms with Crippen LogP contribution in [-0.4, -0.2) is 35.8 Å². The molecule has 0 saturated carbocycles. The maximum Gasteiger partial charge on any atom is 0.408 e. The monoisotopic (exact) mass is 503 g/mol. The minimum atomic E-state index is -0.886. The Kier molecular flexibility index (Phi) is 9.38. The first-order chi connectivity index (χ1) is 17.6. The Hall–Kier alpha value is -4.20. The van der Waals surface area contributed by atoms with E-state index in [1.54, 1.807) is 51.1 Å². The van der Waals surface area contributed by atoms with Crippen molar-refractivity contribution in [2.45, 2.75) is 58.2 Å². The second-order valence-corrected chi connectivity index (χ2v) is 9.61. The molecule has 2 N–H and O–H groups in total. The average Bonchev–Trinajstić information content (AvgIpc) is 2.86. The van der Waals surface area contributed by atoms with E-state index in [9.17, 15) is 14.4 Å². The molecule has 3 rings (SSSR count). The van der Waals surface area contributed by atoms with Crippen molar-refractivity contribution in [1.29, 1.82) is 0 Å². The Morgan fingerprint density at radius 2 is 1.59 bits per heavy atom. The molecule has 3 aromatic rings. The second-order valence-electron chi connectivity index (χ2n) is 9.61. The van der Waals surface area contributed by atoms with Crippen molar-refractivity contribution in [2.24, 2.45) is 5.16 Å². The number of alkyl carbamates (subject to hydrolysis) is 1. The lowest BCUT2D eigenvalue weighted by Gasteiger charge is -2.24. The molecule has 0 fully saturated rings. The summed E-state index contributed by atoms with van der Waals surface area (Å²) in [5, 5.41) is 11.5. The number of hydrogen-bond donors (Lipinski definition) is 2. The highest BCUT2D eigenvalue weighted by molar-refractivity contribution is 5.90. The summed E-state index contributed by atoms with van der Waals surface area (Å²) in [7, 11) is 0. The van der Waals surface area contributed by atoms with Crippen LogP contribution in [0.2, 0.25) is 0 Å². The number of ether oxygens (including phenoxy) is 1. The number of hydrogen-bond acceptors (Lipinski definition) is 6. The first-order valence-corrected chi connectivity index (χ1v) is 12.2. The topological polar surface area (TPSA) is 106 Å². The van der Waals surface area contributed by atoms with Gasteiger partial charge in [-0.3, -0.25) is 4.79 Å². The quantitative estimate of drug-likeness (QED) is 0.227. The van der Waals surface area contributed by atoms with Crippen LogP contribution in [0.4, 0.5) is 4.79 Å². The molecule has 0 bridgehead atoms. The molecule has 0 radical (unpaired) electrons. The molecule has 0 aliphatic heterocycles. The summed E-state index contributed by atoms with van der Waals surface area (Å²) in [6.45, 7) is 7.14. The zero-order chi connectivity index (χ0) is 26.8. The lowest BCUT2D eigenvalue weighted by Crippen LogP contribution is -2.48. The van der Waals surface area contributed by atoms with Crippen LogP contribution in [0.5, 0.6) is 0 Å². The van der Waals surface area contributed by atoms with Gasteiger partial charge in [-0.15, -0.1) is 0 Å². The van der Waals surface area contributed by atoms with E-state index in [2.05, 4.69) is 15.8 Å². The van der Waals surface area contributed by atoms with Crippen LogP contribution in [0.3, 0.4) is 0 Å². The molecule has 0 aliphatic carbocycles. The minimum absolute atomic E-state index is 0.222. The molecular weight excluding hydrogens is 470 g/mol. The normalized spacial score (nSPS) is 13.1. The summed E-state index contributed by atoms with van der Waals surface area (Å²) in [6, 6.07) is 21.2. The van der Waals surface area contributed by atoms with E-state index in [0.29, 0.717) is 5.56 Å². The van der Waals surface area contributed by atoms with E-state index >= 15 is 0 Å². The van der Waals surface area contributed by atoms with Gasteiger partial charge in [0, 0.05) is 6.21 Å². The van der Waals surface area contributed by atoms with Gasteiger partial charge in [-0.25, -0.2) is 9.59 Å². The van der Waals surface area contributed by atoms with Gasteiger partial charge in [0.25, 0.3) is 0 Å². The zero-order valence-electron chi connectivity index (χ0n) is 21.6. The zero-order valence-corrected chi connectivity index (χ0v) is 21.6. The first kappa shape index (κ1) is 27.4. The highest BCUT2D eigenvalue weighted by atomic mass is 16.7. The molecule has 2 amide bonds. The maximum atomic E-state index is 13.2. The van der Waals surface area contributed by atoms with Gasteiger partial charge >= 0.3 is 12.1 Å². The van der Waals surface area contributed by atoms with Crippen molar-refractivity contribution >= 4 is 35.0 Å². The first-order valence-electron chi connectivity index (χ1n) is 12.2. The highest BCUT2D eigenvalue weighted by Crippen LogP contribution is 2.24. The fraction of sp³-hybridized carbons (Fsp3) is 0.310. The molecule has 2 atom stereocenters. The van der Waals surface area contributed by atoms with Gasteiger partial charge in [-0.1, -0.05) is 65.8 Å². The van der Waals surface area contributed by atoms with Crippen molar-refractivity contribution in [3.63, 3.8) is 0 Å². The molecule has 8 heteroatoms. The van der Waals surface area contributed by atoms with Crippen LogP contribution in [0.25, 0.3) is 10.8 Å². The van der Waals surface area contributed by atoms with Gasteiger partial charge in [0.2, 0.25) is 5.91 Å². The Balaban J connectivity index is 1.65. The fourth-order valence-electron chi connectivity index (χ4n) is 3.74. The minimum Gasteiger partial charge on any atom is -0.444 e. The number of carbonyl (C=O) groups excluding carboxylic acids is 3. The van der Waals surface area contributed by atoms with E-state index in [1.165, 1.54) is 6.21 Å². The van der Waals surface area contributed by atoms with Gasteiger partial charge < -0.3 is 20.2 Å². The molecule has 3 aromatic carbocycles. The number of benzene rings is 3. The number of amides is 2. The number of nitrogens with zero attached hydrogens (tertiary/aromatic N) is 1. The number of rotatable bonds is 9. The molecular formula is C29H33N3O5. The van der Waals surface area contributed by atoms with Crippen molar-refractivity contribution in [3.8, 4) is 0 Å². The Morgan fingerprint density at radius 1 is 0.919 bits per heavy atom. The van der Waals surface area contributed by atoms with E-state index in [-0.39, 0.29) is 24.8 Å². The van der Waals surface area contributed by atoms with Crippen LogP contribution >= 0.6 is 0 Å². The highest BCUT2D eigenvalue weighted by Gasteiger charge is 2.25. The fourth-order valence-corrected chi connectivity index (χ4v) is 3.74. The number of carbonyl (C=O) groups is 3. The van der Waals surface area contributed by atoms with Crippen LogP contribution in [0.15, 0.2) is 78.0 Å². The molecule has 0 aliphatic rings. The van der Waals surface area contributed by atoms with Crippen LogP contribution in [-0.2, 0) is 14.4 Å². The Morgan fingerprint density at radius 3 is 2.32 bits per heavy atom. The number of oxime groups is 1. The van der Waals surface area contributed by atoms with Gasteiger partial charge in [-0.2, -0.15) is 0 Å².